The van der Waals surface area contributed by atoms with Crippen molar-refractivity contribution in [3.05, 3.63) is 59.9 Å². The number of likely N-dealkylation sites (tertiary alicyclic amines) is 1. The molecular weight excluding hydrogens is 397 g/mol. The summed E-state index contributed by atoms with van der Waals surface area (Å²) in [5, 5.41) is 2.64. The van der Waals surface area contributed by atoms with Gasteiger partial charge in [0.2, 0.25) is 17.7 Å². The molecule has 2 aliphatic heterocycles. The highest BCUT2D eigenvalue weighted by Gasteiger charge is 2.38. The smallest absolute Gasteiger partial charge is 0.228 e. The molecule has 0 aromatic heterocycles. The average molecular weight is 423 g/mol. The van der Waals surface area contributed by atoms with E-state index >= 15 is 0 Å². The molecule has 2 fully saturated rings. The first-order chi connectivity index (χ1) is 14.9. The highest BCUT2D eigenvalue weighted by Crippen LogP contribution is 2.28. The summed E-state index contributed by atoms with van der Waals surface area (Å²) in [7, 11) is 0. The molecule has 0 saturated carbocycles. The third-order valence-corrected chi connectivity index (χ3v) is 6.13. The number of halogens is 1. The van der Waals surface area contributed by atoms with Gasteiger partial charge >= 0.3 is 0 Å². The molecule has 1 atom stereocenters. The predicted octanol–water partition coefficient (Wildman–Crippen LogP) is 3.36. The van der Waals surface area contributed by atoms with E-state index in [2.05, 4.69) is 5.32 Å². The van der Waals surface area contributed by atoms with Crippen LogP contribution in [0.2, 0.25) is 0 Å². The minimum Gasteiger partial charge on any atom is -0.342 e. The second-order valence-corrected chi connectivity index (χ2v) is 8.31. The third-order valence-electron chi connectivity index (χ3n) is 6.13. The minimum atomic E-state index is -0.465. The molecule has 6 nitrogen and oxygen atoms in total. The first kappa shape index (κ1) is 21.0. The van der Waals surface area contributed by atoms with Gasteiger partial charge in [0, 0.05) is 37.7 Å². The number of benzene rings is 2. The molecule has 162 valence electrons. The molecule has 0 spiro atoms. The standard InChI is InChI=1S/C24H26FN3O3/c1-16-6-8-19(9-7-16)28-15-18(14-22(28)29)24(31)27-12-10-17(11-13-27)23(30)26-21-5-3-2-4-20(21)25/h2-9,17-18H,10-15H2,1H3,(H,26,30). The second kappa shape index (κ2) is 8.88. The van der Waals surface area contributed by atoms with Crippen molar-refractivity contribution in [3.63, 3.8) is 0 Å². The van der Waals surface area contributed by atoms with Gasteiger partial charge < -0.3 is 15.1 Å². The highest BCUT2D eigenvalue weighted by molar-refractivity contribution is 6.00. The maximum Gasteiger partial charge on any atom is 0.228 e. The first-order valence-electron chi connectivity index (χ1n) is 10.6. The molecule has 2 aliphatic rings. The fourth-order valence-corrected chi connectivity index (χ4v) is 4.26. The van der Waals surface area contributed by atoms with Gasteiger partial charge in [-0.15, -0.1) is 0 Å². The van der Waals surface area contributed by atoms with Gasteiger partial charge in [-0.05, 0) is 44.0 Å². The highest BCUT2D eigenvalue weighted by atomic mass is 19.1. The lowest BCUT2D eigenvalue weighted by Gasteiger charge is -2.33. The number of nitrogens with one attached hydrogen (secondary N) is 1. The van der Waals surface area contributed by atoms with E-state index in [9.17, 15) is 18.8 Å². The van der Waals surface area contributed by atoms with Crippen molar-refractivity contribution >= 4 is 29.1 Å². The lowest BCUT2D eigenvalue weighted by atomic mass is 9.94. The number of rotatable bonds is 4. The fourth-order valence-electron chi connectivity index (χ4n) is 4.26. The number of piperidine rings is 1. The van der Waals surface area contributed by atoms with Gasteiger partial charge in [0.25, 0.3) is 0 Å². The zero-order valence-electron chi connectivity index (χ0n) is 17.5. The maximum absolute atomic E-state index is 13.8. The Morgan fingerprint density at radius 2 is 1.68 bits per heavy atom. The van der Waals surface area contributed by atoms with Crippen LogP contribution in [0.5, 0.6) is 0 Å². The number of carbonyl (C=O) groups excluding carboxylic acids is 3. The van der Waals surface area contributed by atoms with Crippen LogP contribution in [0.3, 0.4) is 0 Å². The van der Waals surface area contributed by atoms with Gasteiger partial charge in [0.05, 0.1) is 11.6 Å². The molecule has 3 amide bonds. The molecule has 31 heavy (non-hydrogen) atoms. The summed E-state index contributed by atoms with van der Waals surface area (Å²) in [6.45, 7) is 3.30. The molecule has 7 heteroatoms. The van der Waals surface area contributed by atoms with E-state index < -0.39 is 5.82 Å². The molecule has 2 aromatic carbocycles. The van der Waals surface area contributed by atoms with Crippen molar-refractivity contribution in [2.45, 2.75) is 26.2 Å². The van der Waals surface area contributed by atoms with E-state index in [1.54, 1.807) is 21.9 Å². The Bertz CT molecular complexity index is 984. The van der Waals surface area contributed by atoms with Crippen LogP contribution >= 0.6 is 0 Å². The monoisotopic (exact) mass is 423 g/mol. The Hall–Kier alpha value is -3.22. The van der Waals surface area contributed by atoms with Crippen molar-refractivity contribution in [2.75, 3.05) is 29.9 Å². The Kier molecular flexibility index (Phi) is 6.02. The van der Waals surface area contributed by atoms with Crippen LogP contribution in [0.1, 0.15) is 24.8 Å². The molecule has 2 aromatic rings. The van der Waals surface area contributed by atoms with Gasteiger partial charge in [-0.2, -0.15) is 0 Å². The number of amides is 3. The van der Waals surface area contributed by atoms with Crippen LogP contribution < -0.4 is 10.2 Å². The Labute approximate surface area is 181 Å². The second-order valence-electron chi connectivity index (χ2n) is 8.31. The van der Waals surface area contributed by atoms with Crippen LogP contribution in [0, 0.1) is 24.6 Å². The summed E-state index contributed by atoms with van der Waals surface area (Å²) in [5.74, 6) is -1.39. The summed E-state index contributed by atoms with van der Waals surface area (Å²) in [6.07, 6.45) is 1.25. The molecule has 2 heterocycles. The largest absolute Gasteiger partial charge is 0.342 e. The summed E-state index contributed by atoms with van der Waals surface area (Å²) in [4.78, 5) is 41.4. The van der Waals surface area contributed by atoms with E-state index in [1.807, 2.05) is 31.2 Å². The maximum atomic E-state index is 13.8. The molecule has 0 bridgehead atoms. The van der Waals surface area contributed by atoms with Gasteiger partial charge in [-0.3, -0.25) is 14.4 Å². The number of hydrogen-bond donors (Lipinski definition) is 1. The van der Waals surface area contributed by atoms with E-state index in [0.29, 0.717) is 32.5 Å². The molecule has 1 N–H and O–H groups in total. The molecule has 2 saturated heterocycles. The molecule has 4 rings (SSSR count). The molecule has 0 radical (unpaired) electrons. The SMILES string of the molecule is Cc1ccc(N2CC(C(=O)N3CCC(C(=O)Nc4ccccc4F)CC3)CC2=O)cc1. The average Bonchev–Trinajstić information content (AvgIpc) is 3.17. The van der Waals surface area contributed by atoms with Crippen LogP contribution in [0.4, 0.5) is 15.8 Å². The number of hydrogen-bond acceptors (Lipinski definition) is 3. The predicted molar refractivity (Wildman–Crippen MR) is 116 cm³/mol. The van der Waals surface area contributed by atoms with Crippen molar-refractivity contribution in [1.29, 1.82) is 0 Å². The van der Waals surface area contributed by atoms with Gasteiger partial charge in [0.1, 0.15) is 5.82 Å². The van der Waals surface area contributed by atoms with Crippen molar-refractivity contribution in [2.24, 2.45) is 11.8 Å². The van der Waals surface area contributed by atoms with Crippen molar-refractivity contribution < 1.29 is 18.8 Å². The molecule has 0 aliphatic carbocycles. The summed E-state index contributed by atoms with van der Waals surface area (Å²) < 4.78 is 13.8. The van der Waals surface area contributed by atoms with Crippen LogP contribution in [-0.4, -0.2) is 42.3 Å². The lowest BCUT2D eigenvalue weighted by molar-refractivity contribution is -0.138. The zero-order valence-corrected chi connectivity index (χ0v) is 17.5. The number of nitrogens with zero attached hydrogens (tertiary/aromatic N) is 2. The zero-order chi connectivity index (χ0) is 22.0. The fraction of sp³-hybridized carbons (Fsp3) is 0.375. The van der Waals surface area contributed by atoms with E-state index in [4.69, 9.17) is 0 Å². The minimum absolute atomic E-state index is 0.0316. The van der Waals surface area contributed by atoms with Crippen LogP contribution in [0.25, 0.3) is 0 Å². The number of para-hydroxylation sites is 1. The number of carbonyl (C=O) groups is 3. The van der Waals surface area contributed by atoms with Crippen molar-refractivity contribution in [1.82, 2.24) is 4.90 Å². The normalized spacial score (nSPS) is 19.5. The number of aryl methyl sites for hydroxylation is 1. The summed E-state index contributed by atoms with van der Waals surface area (Å²) in [6, 6.07) is 13.8. The molecular formula is C24H26FN3O3. The molecule has 1 unspecified atom stereocenters. The van der Waals surface area contributed by atoms with Gasteiger partial charge in [-0.1, -0.05) is 29.8 Å². The van der Waals surface area contributed by atoms with E-state index in [0.717, 1.165) is 11.3 Å². The Morgan fingerprint density at radius 3 is 2.35 bits per heavy atom. The topological polar surface area (TPSA) is 69.7 Å². The quantitative estimate of drug-likeness (QED) is 0.820. The van der Waals surface area contributed by atoms with Crippen molar-refractivity contribution in [3.8, 4) is 0 Å². The first-order valence-corrected chi connectivity index (χ1v) is 10.6. The number of anilines is 2. The van der Waals surface area contributed by atoms with Crippen LogP contribution in [-0.2, 0) is 14.4 Å². The Morgan fingerprint density at radius 1 is 1.00 bits per heavy atom. The van der Waals surface area contributed by atoms with E-state index in [-0.39, 0.29) is 41.7 Å². The summed E-state index contributed by atoms with van der Waals surface area (Å²) in [5.41, 5.74) is 2.10. The van der Waals surface area contributed by atoms with Gasteiger partial charge in [-0.25, -0.2) is 4.39 Å². The third kappa shape index (κ3) is 4.60. The summed E-state index contributed by atoms with van der Waals surface area (Å²) >= 11 is 0. The lowest BCUT2D eigenvalue weighted by Crippen LogP contribution is -2.44. The van der Waals surface area contributed by atoms with Crippen LogP contribution in [0.15, 0.2) is 48.5 Å². The van der Waals surface area contributed by atoms with E-state index in [1.165, 1.54) is 12.1 Å². The van der Waals surface area contributed by atoms with Gasteiger partial charge in [0.15, 0.2) is 0 Å². The Balaban J connectivity index is 1.31.